The number of ether oxygens (including phenoxy) is 3. The molecule has 0 aromatic carbocycles. The first-order valence-electron chi connectivity index (χ1n) is 9.56. The van der Waals surface area contributed by atoms with E-state index < -0.39 is 52.7 Å². The summed E-state index contributed by atoms with van der Waals surface area (Å²) >= 11 is 0. The molecule has 2 saturated heterocycles. The van der Waals surface area contributed by atoms with Crippen LogP contribution in [0.1, 0.15) is 40.5 Å². The molecule has 0 amide bonds. The smallest absolute Gasteiger partial charge is 0.302 e. The number of Topliss-reactive ketones (excluding diaryl/α,β-unsaturated/α-hetero) is 1. The van der Waals surface area contributed by atoms with Gasteiger partial charge in [-0.25, -0.2) is 0 Å². The summed E-state index contributed by atoms with van der Waals surface area (Å²) in [5.74, 6) is -0.838. The Morgan fingerprint density at radius 2 is 2.00 bits per heavy atom. The predicted molar refractivity (Wildman–Crippen MR) is 93.7 cm³/mol. The Bertz CT molecular complexity index is 711. The van der Waals surface area contributed by atoms with Crippen molar-refractivity contribution in [2.45, 2.75) is 70.6 Å². The molecule has 0 aromatic rings. The summed E-state index contributed by atoms with van der Waals surface area (Å²) in [5.41, 5.74) is -1.40. The van der Waals surface area contributed by atoms with Crippen LogP contribution in [0.5, 0.6) is 0 Å². The molecule has 0 unspecified atom stereocenters. The van der Waals surface area contributed by atoms with Crippen LogP contribution in [0, 0.1) is 16.7 Å². The maximum Gasteiger partial charge on any atom is 0.302 e. The van der Waals surface area contributed by atoms with Crippen LogP contribution in [-0.4, -0.2) is 65.2 Å². The van der Waals surface area contributed by atoms with Gasteiger partial charge in [0.25, 0.3) is 0 Å². The molecule has 7 nitrogen and oxygen atoms in total. The number of aliphatic hydroxyl groups is 2. The summed E-state index contributed by atoms with van der Waals surface area (Å²) < 4.78 is 17.7. The molecule has 150 valence electrons. The molecule has 8 atom stereocenters. The molecule has 1 saturated carbocycles. The number of carbonyl (C=O) groups excluding carboxylic acids is 2. The first kappa shape index (κ1) is 19.1. The number of esters is 1. The van der Waals surface area contributed by atoms with E-state index in [9.17, 15) is 19.8 Å². The SMILES string of the molecule is CC(=O)C[C@@H]1[C@@H](O)[C@H]2O[C@@H]3C=C(C)[C@@H](O)C[C@]3(COC(C)=O)[C@]1(C)[C@@]21CO1. The van der Waals surface area contributed by atoms with E-state index in [0.29, 0.717) is 13.0 Å². The Morgan fingerprint density at radius 1 is 1.33 bits per heavy atom. The van der Waals surface area contributed by atoms with Gasteiger partial charge in [0, 0.05) is 30.1 Å². The van der Waals surface area contributed by atoms with E-state index in [-0.39, 0.29) is 18.8 Å². The van der Waals surface area contributed by atoms with E-state index in [1.165, 1.54) is 13.8 Å². The number of aliphatic hydroxyl groups excluding tert-OH is 2. The molecular formula is C20H28O7. The van der Waals surface area contributed by atoms with Crippen LogP contribution in [-0.2, 0) is 23.8 Å². The standard InChI is InChI=1S/C20H28O7/c1-10-5-15-19(7-14(10)23,8-25-12(3)22)18(4)13(6-11(2)21)16(24)17(27-15)20(18)9-26-20/h5,13-17,23-24H,6-9H2,1-4H3/t13-,14+,15-,16-,17-,18-,19-,20-/m1/s1. The van der Waals surface area contributed by atoms with Gasteiger partial charge >= 0.3 is 5.97 Å². The number of carbonyl (C=O) groups is 2. The fraction of sp³-hybridized carbons (Fsp3) is 0.800. The van der Waals surface area contributed by atoms with Crippen LogP contribution in [0.25, 0.3) is 0 Å². The van der Waals surface area contributed by atoms with Crippen LogP contribution < -0.4 is 0 Å². The Kier molecular flexibility index (Phi) is 4.14. The number of hydrogen-bond donors (Lipinski definition) is 2. The zero-order valence-corrected chi connectivity index (χ0v) is 16.2. The molecule has 4 rings (SSSR count). The van der Waals surface area contributed by atoms with Gasteiger partial charge in [-0.15, -0.1) is 0 Å². The van der Waals surface area contributed by atoms with E-state index in [1.54, 1.807) is 0 Å². The predicted octanol–water partition coefficient (Wildman–Crippen LogP) is 0.759. The Morgan fingerprint density at radius 3 is 2.56 bits per heavy atom. The van der Waals surface area contributed by atoms with Gasteiger partial charge in [-0.05, 0) is 25.8 Å². The monoisotopic (exact) mass is 380 g/mol. The third-order valence-electron chi connectivity index (χ3n) is 7.67. The molecular weight excluding hydrogens is 352 g/mol. The van der Waals surface area contributed by atoms with Crippen molar-refractivity contribution in [3.63, 3.8) is 0 Å². The van der Waals surface area contributed by atoms with Gasteiger partial charge in [0.2, 0.25) is 0 Å². The van der Waals surface area contributed by atoms with Crippen molar-refractivity contribution in [1.82, 2.24) is 0 Å². The van der Waals surface area contributed by atoms with Crippen LogP contribution in [0.4, 0.5) is 0 Å². The molecule has 0 aromatic heterocycles. The van der Waals surface area contributed by atoms with Crippen LogP contribution >= 0.6 is 0 Å². The maximum absolute atomic E-state index is 12.0. The fourth-order valence-electron chi connectivity index (χ4n) is 6.08. The zero-order chi connectivity index (χ0) is 19.8. The quantitative estimate of drug-likeness (QED) is 0.421. The third-order valence-corrected chi connectivity index (χ3v) is 7.67. The minimum absolute atomic E-state index is 0.0223. The highest BCUT2D eigenvalue weighted by Gasteiger charge is 2.84. The highest BCUT2D eigenvalue weighted by molar-refractivity contribution is 5.76. The highest BCUT2D eigenvalue weighted by Crippen LogP contribution is 2.73. The van der Waals surface area contributed by atoms with Crippen LogP contribution in [0.3, 0.4) is 0 Å². The van der Waals surface area contributed by atoms with Crippen LogP contribution in [0.15, 0.2) is 11.6 Å². The number of hydrogen-bond acceptors (Lipinski definition) is 7. The van der Waals surface area contributed by atoms with Crippen molar-refractivity contribution < 1.29 is 34.0 Å². The molecule has 27 heavy (non-hydrogen) atoms. The van der Waals surface area contributed by atoms with E-state index in [4.69, 9.17) is 14.2 Å². The number of fused-ring (bicyclic) bond motifs is 2. The molecule has 2 aliphatic carbocycles. The number of rotatable bonds is 4. The molecule has 0 radical (unpaired) electrons. The van der Waals surface area contributed by atoms with Gasteiger partial charge in [-0.3, -0.25) is 4.79 Å². The largest absolute Gasteiger partial charge is 0.465 e. The summed E-state index contributed by atoms with van der Waals surface area (Å²) in [6.07, 6.45) is -0.148. The normalized spacial score (nSPS) is 50.1. The van der Waals surface area contributed by atoms with Crippen molar-refractivity contribution >= 4 is 11.8 Å². The van der Waals surface area contributed by atoms with Gasteiger partial charge in [0.05, 0.1) is 24.9 Å². The molecule has 2 heterocycles. The molecule has 3 fully saturated rings. The van der Waals surface area contributed by atoms with Gasteiger partial charge in [-0.2, -0.15) is 0 Å². The Hall–Kier alpha value is -1.28. The lowest BCUT2D eigenvalue weighted by molar-refractivity contribution is -0.233. The fourth-order valence-corrected chi connectivity index (χ4v) is 6.08. The average Bonchev–Trinajstić information content (AvgIpc) is 3.36. The Labute approximate surface area is 158 Å². The zero-order valence-electron chi connectivity index (χ0n) is 16.2. The number of ketones is 1. The molecule has 4 aliphatic rings. The van der Waals surface area contributed by atoms with Gasteiger partial charge in [0.15, 0.2) is 0 Å². The summed E-state index contributed by atoms with van der Waals surface area (Å²) in [4.78, 5) is 23.7. The van der Waals surface area contributed by atoms with Crippen LogP contribution in [0.2, 0.25) is 0 Å². The summed E-state index contributed by atoms with van der Waals surface area (Å²) in [6.45, 7) is 7.18. The highest BCUT2D eigenvalue weighted by atomic mass is 16.6. The molecule has 2 N–H and O–H groups in total. The Balaban J connectivity index is 1.88. The summed E-state index contributed by atoms with van der Waals surface area (Å²) in [7, 11) is 0. The molecule has 1 spiro atoms. The van der Waals surface area contributed by atoms with Crippen molar-refractivity contribution in [2.24, 2.45) is 16.7 Å². The van der Waals surface area contributed by atoms with Crippen molar-refractivity contribution in [3.8, 4) is 0 Å². The lowest BCUT2D eigenvalue weighted by Gasteiger charge is -2.59. The number of epoxide rings is 1. The average molecular weight is 380 g/mol. The minimum Gasteiger partial charge on any atom is -0.465 e. The van der Waals surface area contributed by atoms with E-state index >= 15 is 0 Å². The van der Waals surface area contributed by atoms with E-state index in [2.05, 4.69) is 0 Å². The van der Waals surface area contributed by atoms with Gasteiger partial charge in [-0.1, -0.05) is 13.0 Å². The lowest BCUT2D eigenvalue weighted by Crippen LogP contribution is -2.67. The van der Waals surface area contributed by atoms with Gasteiger partial charge < -0.3 is 29.2 Å². The summed E-state index contributed by atoms with van der Waals surface area (Å²) in [5, 5.41) is 21.7. The van der Waals surface area contributed by atoms with E-state index in [1.807, 2.05) is 19.9 Å². The second kappa shape index (κ2) is 5.86. The van der Waals surface area contributed by atoms with Crippen molar-refractivity contribution in [1.29, 1.82) is 0 Å². The maximum atomic E-state index is 12.0. The minimum atomic E-state index is -0.855. The molecule has 2 aliphatic heterocycles. The molecule has 7 heteroatoms. The van der Waals surface area contributed by atoms with Gasteiger partial charge in [0.1, 0.15) is 24.1 Å². The third kappa shape index (κ3) is 2.29. The topological polar surface area (TPSA) is 106 Å². The van der Waals surface area contributed by atoms with Crippen molar-refractivity contribution in [3.05, 3.63) is 11.6 Å². The lowest BCUT2D eigenvalue weighted by atomic mass is 9.49. The van der Waals surface area contributed by atoms with E-state index in [0.717, 1.165) is 5.57 Å². The van der Waals surface area contributed by atoms with Crippen molar-refractivity contribution in [2.75, 3.05) is 13.2 Å². The second-order valence-corrected chi connectivity index (χ2v) is 8.93. The second-order valence-electron chi connectivity index (χ2n) is 8.93. The molecule has 2 bridgehead atoms. The summed E-state index contributed by atoms with van der Waals surface area (Å²) in [6, 6.07) is 0. The first-order chi connectivity index (χ1) is 12.6. The first-order valence-corrected chi connectivity index (χ1v) is 9.56.